The Morgan fingerprint density at radius 3 is 2.43 bits per heavy atom. The molecule has 0 aromatic heterocycles. The smallest absolute Gasteiger partial charge is 0.365 e. The van der Waals surface area contributed by atoms with E-state index in [1.807, 2.05) is 30.3 Å². The third-order valence-corrected chi connectivity index (χ3v) is 3.74. The van der Waals surface area contributed by atoms with Gasteiger partial charge in [-0.1, -0.05) is 30.3 Å². The van der Waals surface area contributed by atoms with Gasteiger partial charge in [0.25, 0.3) is 0 Å². The number of carbonyl (C=O) groups is 1. The standard InChI is InChI=1S/C15H21NO7/c16-9(6-8-4-2-1-3-5-8)14(20)22-7-10-11(17)12(18)13(19)15(21)23-10/h1-5,9-13,15,17-19,21H,6-7,16H2/p+1/t9-,10-,11-,12-,13+,15-/m1/s1. The quantitative estimate of drug-likeness (QED) is 0.367. The van der Waals surface area contributed by atoms with E-state index in [-0.39, 0.29) is 6.61 Å². The summed E-state index contributed by atoms with van der Waals surface area (Å²) in [6.45, 7) is -0.359. The molecule has 0 spiro atoms. The number of ether oxygens (including phenoxy) is 2. The van der Waals surface area contributed by atoms with Crippen LogP contribution >= 0.6 is 0 Å². The van der Waals surface area contributed by atoms with Gasteiger partial charge in [-0.15, -0.1) is 0 Å². The maximum atomic E-state index is 11.9. The van der Waals surface area contributed by atoms with Crippen LogP contribution in [0.25, 0.3) is 0 Å². The minimum absolute atomic E-state index is 0.359. The first kappa shape index (κ1) is 17.8. The Morgan fingerprint density at radius 2 is 1.78 bits per heavy atom. The topological polar surface area (TPSA) is 144 Å². The Kier molecular flexibility index (Phi) is 6.05. The van der Waals surface area contributed by atoms with Gasteiger partial charge in [0.15, 0.2) is 12.3 Å². The molecule has 0 radical (unpaired) electrons. The first-order valence-corrected chi connectivity index (χ1v) is 7.31. The first-order valence-electron chi connectivity index (χ1n) is 7.31. The summed E-state index contributed by atoms with van der Waals surface area (Å²) in [7, 11) is 0. The van der Waals surface area contributed by atoms with Crippen molar-refractivity contribution in [1.82, 2.24) is 0 Å². The minimum Gasteiger partial charge on any atom is -0.458 e. The molecule has 6 atom stereocenters. The molecule has 2 rings (SSSR count). The highest BCUT2D eigenvalue weighted by Gasteiger charge is 2.43. The largest absolute Gasteiger partial charge is 0.458 e. The van der Waals surface area contributed by atoms with Crippen LogP contribution in [0, 0.1) is 0 Å². The molecule has 1 aromatic carbocycles. The molecule has 8 nitrogen and oxygen atoms in total. The normalized spacial score (nSPS) is 32.3. The predicted octanol–water partition coefficient (Wildman–Crippen LogP) is -2.82. The first-order chi connectivity index (χ1) is 10.9. The molecule has 0 aliphatic carbocycles. The highest BCUT2D eigenvalue weighted by atomic mass is 16.6. The molecule has 1 saturated heterocycles. The number of quaternary nitrogens is 1. The van der Waals surface area contributed by atoms with Crippen molar-refractivity contribution >= 4 is 5.97 Å². The second kappa shape index (κ2) is 7.82. The SMILES string of the molecule is [NH3+][C@H](Cc1ccccc1)C(=O)OC[C@H]1O[C@@H](O)[C@@H](O)[C@H](O)[C@@H]1O. The Bertz CT molecular complexity index is 512. The van der Waals surface area contributed by atoms with Crippen LogP contribution < -0.4 is 5.73 Å². The van der Waals surface area contributed by atoms with E-state index < -0.39 is 42.7 Å². The second-order valence-corrected chi connectivity index (χ2v) is 5.55. The van der Waals surface area contributed by atoms with Gasteiger partial charge < -0.3 is 35.6 Å². The summed E-state index contributed by atoms with van der Waals surface area (Å²) in [4.78, 5) is 11.9. The Labute approximate surface area is 133 Å². The zero-order valence-electron chi connectivity index (χ0n) is 12.5. The van der Waals surface area contributed by atoms with Gasteiger partial charge >= 0.3 is 5.97 Å². The summed E-state index contributed by atoms with van der Waals surface area (Å²) < 4.78 is 9.96. The van der Waals surface area contributed by atoms with E-state index in [9.17, 15) is 25.2 Å². The fourth-order valence-electron chi connectivity index (χ4n) is 2.33. The van der Waals surface area contributed by atoms with Crippen LogP contribution in [0.4, 0.5) is 0 Å². The van der Waals surface area contributed by atoms with E-state index in [1.54, 1.807) is 0 Å². The third-order valence-electron chi connectivity index (χ3n) is 3.74. The number of hydrogen-bond donors (Lipinski definition) is 5. The van der Waals surface area contributed by atoms with E-state index in [1.165, 1.54) is 0 Å². The van der Waals surface area contributed by atoms with Crippen molar-refractivity contribution in [3.05, 3.63) is 35.9 Å². The molecule has 1 fully saturated rings. The van der Waals surface area contributed by atoms with Gasteiger partial charge in [0.05, 0.1) is 0 Å². The van der Waals surface area contributed by atoms with Crippen molar-refractivity contribution in [2.45, 2.75) is 43.2 Å². The summed E-state index contributed by atoms with van der Waals surface area (Å²) in [6.07, 6.45) is -7.05. The molecule has 1 aromatic rings. The van der Waals surface area contributed by atoms with Crippen molar-refractivity contribution in [3.63, 3.8) is 0 Å². The van der Waals surface area contributed by atoms with Gasteiger partial charge in [-0.05, 0) is 5.56 Å². The fourth-order valence-corrected chi connectivity index (χ4v) is 2.33. The number of carbonyl (C=O) groups excluding carboxylic acids is 1. The number of esters is 1. The molecule has 0 saturated carbocycles. The van der Waals surface area contributed by atoms with E-state index in [2.05, 4.69) is 5.73 Å². The van der Waals surface area contributed by atoms with Gasteiger partial charge in [-0.25, -0.2) is 4.79 Å². The lowest BCUT2D eigenvalue weighted by molar-refractivity contribution is -0.408. The van der Waals surface area contributed by atoms with Gasteiger partial charge in [0.2, 0.25) is 0 Å². The van der Waals surface area contributed by atoms with Gasteiger partial charge in [0, 0.05) is 6.42 Å². The molecule has 0 unspecified atom stereocenters. The molecule has 23 heavy (non-hydrogen) atoms. The molecule has 0 amide bonds. The molecule has 8 heteroatoms. The van der Waals surface area contributed by atoms with Crippen LogP contribution in [0.1, 0.15) is 5.56 Å². The maximum Gasteiger partial charge on any atom is 0.365 e. The van der Waals surface area contributed by atoms with Crippen LogP contribution in [-0.4, -0.2) is 69.8 Å². The Hall–Kier alpha value is -1.55. The monoisotopic (exact) mass is 328 g/mol. The highest BCUT2D eigenvalue weighted by molar-refractivity contribution is 5.74. The second-order valence-electron chi connectivity index (χ2n) is 5.55. The lowest BCUT2D eigenvalue weighted by Gasteiger charge is -2.37. The number of rotatable bonds is 5. The van der Waals surface area contributed by atoms with E-state index in [0.717, 1.165) is 5.56 Å². The van der Waals surface area contributed by atoms with Crippen molar-refractivity contribution in [1.29, 1.82) is 0 Å². The Morgan fingerprint density at radius 1 is 1.13 bits per heavy atom. The summed E-state index contributed by atoms with van der Waals surface area (Å²) in [5.74, 6) is -0.584. The number of hydrogen-bond acceptors (Lipinski definition) is 7. The summed E-state index contributed by atoms with van der Waals surface area (Å²) in [5, 5.41) is 38.1. The summed E-state index contributed by atoms with van der Waals surface area (Å²) >= 11 is 0. The van der Waals surface area contributed by atoms with Crippen molar-refractivity contribution < 1.29 is 40.4 Å². The average Bonchev–Trinajstić information content (AvgIpc) is 2.55. The Balaban J connectivity index is 1.84. The van der Waals surface area contributed by atoms with E-state index >= 15 is 0 Å². The number of aliphatic hydroxyl groups is 4. The summed E-state index contributed by atoms with van der Waals surface area (Å²) in [5.41, 5.74) is 4.68. The molecule has 0 bridgehead atoms. The zero-order chi connectivity index (χ0) is 17.0. The van der Waals surface area contributed by atoms with Gasteiger partial charge in [-0.3, -0.25) is 0 Å². The number of aliphatic hydroxyl groups excluding tert-OH is 4. The molecule has 1 heterocycles. The number of benzene rings is 1. The van der Waals surface area contributed by atoms with Crippen molar-refractivity contribution in [2.24, 2.45) is 0 Å². The van der Waals surface area contributed by atoms with Crippen LogP contribution in [-0.2, 0) is 20.7 Å². The molecule has 128 valence electrons. The summed E-state index contributed by atoms with van der Waals surface area (Å²) in [6, 6.07) is 8.67. The van der Waals surface area contributed by atoms with E-state index in [4.69, 9.17) is 9.47 Å². The molecule has 7 N–H and O–H groups in total. The molecular weight excluding hydrogens is 306 g/mol. The van der Waals surface area contributed by atoms with Crippen molar-refractivity contribution in [2.75, 3.05) is 6.61 Å². The zero-order valence-corrected chi connectivity index (χ0v) is 12.5. The van der Waals surface area contributed by atoms with Crippen LogP contribution in [0.2, 0.25) is 0 Å². The molecule has 1 aliphatic rings. The minimum atomic E-state index is -1.66. The van der Waals surface area contributed by atoms with Gasteiger partial charge in [-0.2, -0.15) is 0 Å². The third kappa shape index (κ3) is 4.47. The van der Waals surface area contributed by atoms with E-state index in [0.29, 0.717) is 6.42 Å². The maximum absolute atomic E-state index is 11.9. The molecule has 1 aliphatic heterocycles. The molecular formula is C15H22NO7+. The lowest BCUT2D eigenvalue weighted by Crippen LogP contribution is -2.66. The van der Waals surface area contributed by atoms with Crippen LogP contribution in [0.15, 0.2) is 30.3 Å². The lowest BCUT2D eigenvalue weighted by atomic mass is 9.99. The fraction of sp³-hybridized carbons (Fsp3) is 0.533. The van der Waals surface area contributed by atoms with Crippen LogP contribution in [0.5, 0.6) is 0 Å². The predicted molar refractivity (Wildman–Crippen MR) is 76.7 cm³/mol. The average molecular weight is 328 g/mol. The van der Waals surface area contributed by atoms with Crippen molar-refractivity contribution in [3.8, 4) is 0 Å². The highest BCUT2D eigenvalue weighted by Crippen LogP contribution is 2.20. The van der Waals surface area contributed by atoms with Gasteiger partial charge in [0.1, 0.15) is 31.0 Å². The van der Waals surface area contributed by atoms with Crippen LogP contribution in [0.3, 0.4) is 0 Å².